The van der Waals surface area contributed by atoms with Crippen LogP contribution in [0.5, 0.6) is 0 Å². The van der Waals surface area contributed by atoms with Crippen molar-refractivity contribution in [3.63, 3.8) is 0 Å². The van der Waals surface area contributed by atoms with Crippen LogP contribution in [0.15, 0.2) is 24.8 Å². The first-order valence-corrected chi connectivity index (χ1v) is 7.12. The molecule has 0 rings (SSSR count). The summed E-state index contributed by atoms with van der Waals surface area (Å²) in [6.07, 6.45) is 21.1. The van der Waals surface area contributed by atoms with Crippen LogP contribution in [0.1, 0.15) is 78.9 Å². The molecule has 0 bridgehead atoms. The molecule has 0 unspecified atom stereocenters. The Morgan fingerprint density at radius 1 is 0.875 bits per heavy atom. The highest BCUT2D eigenvalue weighted by atomic mass is 14.0. The van der Waals surface area contributed by atoms with Gasteiger partial charge in [0.25, 0.3) is 0 Å². The minimum absolute atomic E-state index is 1.17. The van der Waals surface area contributed by atoms with Gasteiger partial charge in [-0.25, -0.2) is 0 Å². The second-order valence-corrected chi connectivity index (χ2v) is 4.59. The summed E-state index contributed by atoms with van der Waals surface area (Å²) in [5.74, 6) is 0. The van der Waals surface area contributed by atoms with Gasteiger partial charge < -0.3 is 0 Å². The van der Waals surface area contributed by atoms with E-state index in [1.165, 1.54) is 77.2 Å². The molecule has 94 valence electrons. The molecule has 0 N–H and O–H groups in total. The van der Waals surface area contributed by atoms with Gasteiger partial charge in [-0.05, 0) is 12.8 Å². The highest BCUT2D eigenvalue weighted by Crippen LogP contribution is 2.11. The lowest BCUT2D eigenvalue weighted by atomic mass is 10.1. The molecular weight excluding hydrogens is 192 g/mol. The van der Waals surface area contributed by atoms with Crippen molar-refractivity contribution in [2.75, 3.05) is 0 Å². The molecule has 0 aromatic rings. The third-order valence-electron chi connectivity index (χ3n) is 2.97. The average molecular weight is 223 g/mol. The molecule has 0 heteroatoms. The third kappa shape index (κ3) is 13.5. The molecule has 0 atom stereocenters. The highest BCUT2D eigenvalue weighted by molar-refractivity contribution is 4.96. The van der Waals surface area contributed by atoms with Crippen molar-refractivity contribution >= 4 is 0 Å². The second-order valence-electron chi connectivity index (χ2n) is 4.59. The first-order valence-electron chi connectivity index (χ1n) is 7.69. The fourth-order valence-corrected chi connectivity index (χ4v) is 1.92. The van der Waals surface area contributed by atoms with Crippen molar-refractivity contribution in [1.82, 2.24) is 0 Å². The molecule has 0 fully saturated rings. The highest BCUT2D eigenvalue weighted by Gasteiger charge is 1.91. The average Bonchev–Trinajstić information content (AvgIpc) is 2.35. The molecule has 16 heavy (non-hydrogen) atoms. The maximum absolute atomic E-state index is 6.82. The van der Waals surface area contributed by atoms with Gasteiger partial charge in [0.15, 0.2) is 0 Å². The van der Waals surface area contributed by atoms with Crippen molar-refractivity contribution < 1.29 is 1.37 Å². The van der Waals surface area contributed by atoms with E-state index in [1.54, 1.807) is 6.08 Å². The lowest BCUT2D eigenvalue weighted by Gasteiger charge is -2.01. The molecule has 0 aliphatic rings. The van der Waals surface area contributed by atoms with Gasteiger partial charge in [-0.15, -0.1) is 0 Å². The minimum atomic E-state index is 1.17. The fourth-order valence-electron chi connectivity index (χ4n) is 1.92. The van der Waals surface area contributed by atoms with Crippen molar-refractivity contribution in [3.05, 3.63) is 24.8 Å². The summed E-state index contributed by atoms with van der Waals surface area (Å²) in [4.78, 5) is 0. The van der Waals surface area contributed by atoms with Gasteiger partial charge in [-0.3, -0.25) is 0 Å². The number of rotatable bonds is 12. The molecule has 0 radical (unpaired) electrons. The van der Waals surface area contributed by atoms with Gasteiger partial charge in [0, 0.05) is 0 Å². The van der Waals surface area contributed by atoms with E-state index in [1.807, 2.05) is 6.08 Å². The largest absolute Gasteiger partial charge is 0.0991 e. The summed E-state index contributed by atoms with van der Waals surface area (Å²) in [6.45, 7) is 3.60. The fraction of sp³-hybridized carbons (Fsp3) is 0.750. The van der Waals surface area contributed by atoms with E-state index >= 15 is 0 Å². The Hall–Kier alpha value is -0.520. The van der Waals surface area contributed by atoms with Crippen LogP contribution in [0, 0.1) is 0 Å². The standard InChI is InChI=1S/C16H30/c1-3-5-7-9-11-13-15-16-14-12-10-8-6-4-2/h3,5,7H,1,4,6,8-16H2,2H3/i1D/b3-1+,7-5?. The summed E-state index contributed by atoms with van der Waals surface area (Å²) < 4.78 is 6.82. The summed E-state index contributed by atoms with van der Waals surface area (Å²) in [5, 5.41) is 0. The van der Waals surface area contributed by atoms with Crippen LogP contribution in [-0.2, 0) is 0 Å². The SMILES string of the molecule is [2H]/C=C/C=CCCCCCCCCCCCC. The van der Waals surface area contributed by atoms with E-state index in [0.29, 0.717) is 0 Å². The Bertz CT molecular complexity index is 182. The van der Waals surface area contributed by atoms with E-state index in [2.05, 4.69) is 13.0 Å². The van der Waals surface area contributed by atoms with Gasteiger partial charge in [-0.2, -0.15) is 0 Å². The first kappa shape index (κ1) is 13.5. The molecule has 0 aromatic heterocycles. The van der Waals surface area contributed by atoms with Crippen LogP contribution in [0.25, 0.3) is 0 Å². The molecule has 0 amide bonds. The summed E-state index contributed by atoms with van der Waals surface area (Å²) in [6, 6.07) is 0. The number of hydrogen-bond acceptors (Lipinski definition) is 0. The predicted molar refractivity (Wildman–Crippen MR) is 75.8 cm³/mol. The number of unbranched alkanes of at least 4 members (excludes halogenated alkanes) is 10. The van der Waals surface area contributed by atoms with E-state index < -0.39 is 0 Å². The summed E-state index contributed by atoms with van der Waals surface area (Å²) in [7, 11) is 0. The monoisotopic (exact) mass is 223 g/mol. The quantitative estimate of drug-likeness (QED) is 0.279. The zero-order valence-corrected chi connectivity index (χ0v) is 11.1. The smallest absolute Gasteiger partial charge is 0.0538 e. The Kier molecular flexibility index (Phi) is 12.3. The molecular formula is C16H30. The van der Waals surface area contributed by atoms with Gasteiger partial charge >= 0.3 is 0 Å². The Morgan fingerprint density at radius 2 is 1.44 bits per heavy atom. The van der Waals surface area contributed by atoms with E-state index in [-0.39, 0.29) is 0 Å². The van der Waals surface area contributed by atoms with Gasteiger partial charge in [-0.1, -0.05) is 89.5 Å². The van der Waals surface area contributed by atoms with E-state index in [9.17, 15) is 0 Å². The van der Waals surface area contributed by atoms with Crippen molar-refractivity contribution in [2.24, 2.45) is 0 Å². The lowest BCUT2D eigenvalue weighted by Crippen LogP contribution is -1.81. The Balaban J connectivity index is 2.98. The zero-order chi connectivity index (χ0) is 12.6. The van der Waals surface area contributed by atoms with Crippen LogP contribution in [0.2, 0.25) is 0 Å². The van der Waals surface area contributed by atoms with E-state index in [0.717, 1.165) is 0 Å². The van der Waals surface area contributed by atoms with Crippen LogP contribution in [0.3, 0.4) is 0 Å². The molecule has 0 aromatic carbocycles. The minimum Gasteiger partial charge on any atom is -0.0991 e. The lowest BCUT2D eigenvalue weighted by molar-refractivity contribution is 0.557. The normalized spacial score (nSPS) is 12.7. The Morgan fingerprint density at radius 3 is 2.00 bits per heavy atom. The van der Waals surface area contributed by atoms with Crippen LogP contribution < -0.4 is 0 Å². The van der Waals surface area contributed by atoms with Crippen molar-refractivity contribution in [3.8, 4) is 0 Å². The summed E-state index contributed by atoms with van der Waals surface area (Å²) in [5.41, 5.74) is 0. The van der Waals surface area contributed by atoms with Crippen molar-refractivity contribution in [1.29, 1.82) is 0 Å². The Labute approximate surface area is 104 Å². The number of hydrogen-bond donors (Lipinski definition) is 0. The van der Waals surface area contributed by atoms with Crippen molar-refractivity contribution in [2.45, 2.75) is 77.6 Å². The maximum atomic E-state index is 6.82. The topological polar surface area (TPSA) is 0 Å². The zero-order valence-electron chi connectivity index (χ0n) is 12.1. The summed E-state index contributed by atoms with van der Waals surface area (Å²) >= 11 is 0. The second kappa shape index (κ2) is 14.5. The van der Waals surface area contributed by atoms with Gasteiger partial charge in [0.05, 0.1) is 1.37 Å². The molecule has 0 nitrogen and oxygen atoms in total. The molecule has 0 saturated heterocycles. The number of allylic oxidation sites excluding steroid dienone is 3. The maximum Gasteiger partial charge on any atom is 0.0538 e. The van der Waals surface area contributed by atoms with Crippen LogP contribution in [0.4, 0.5) is 0 Å². The first-order chi connectivity index (χ1) is 8.41. The molecule has 0 aliphatic heterocycles. The van der Waals surface area contributed by atoms with Crippen LogP contribution in [-0.4, -0.2) is 0 Å². The molecule has 0 spiro atoms. The van der Waals surface area contributed by atoms with Gasteiger partial charge in [0.2, 0.25) is 0 Å². The molecule has 0 heterocycles. The molecule has 0 aliphatic carbocycles. The van der Waals surface area contributed by atoms with Gasteiger partial charge in [0.1, 0.15) is 0 Å². The van der Waals surface area contributed by atoms with E-state index in [4.69, 9.17) is 1.37 Å². The third-order valence-corrected chi connectivity index (χ3v) is 2.97. The van der Waals surface area contributed by atoms with Crippen LogP contribution >= 0.6 is 0 Å². The predicted octanol–water partition coefficient (Wildman–Crippen LogP) is 6.04. The molecule has 0 saturated carbocycles.